The molecule has 1 N–H and O–H groups in total. The summed E-state index contributed by atoms with van der Waals surface area (Å²) in [7, 11) is 0. The first-order chi connectivity index (χ1) is 17.7. The predicted molar refractivity (Wildman–Crippen MR) is 141 cm³/mol. The van der Waals surface area contributed by atoms with E-state index in [9.17, 15) is 14.7 Å². The van der Waals surface area contributed by atoms with Crippen molar-refractivity contribution < 1.29 is 14.7 Å². The number of hydrogen-bond donors (Lipinski definition) is 1. The van der Waals surface area contributed by atoms with E-state index in [4.69, 9.17) is 11.6 Å². The number of carboxylic acids is 1. The van der Waals surface area contributed by atoms with Gasteiger partial charge in [0, 0.05) is 42.2 Å². The van der Waals surface area contributed by atoms with Crippen molar-refractivity contribution >= 4 is 34.9 Å². The van der Waals surface area contributed by atoms with Crippen molar-refractivity contribution in [3.8, 4) is 16.9 Å². The summed E-state index contributed by atoms with van der Waals surface area (Å²) in [6.45, 7) is 5.96. The van der Waals surface area contributed by atoms with Gasteiger partial charge in [0.15, 0.2) is 11.5 Å². The molecule has 0 unspecified atom stereocenters. The molecule has 1 saturated carbocycles. The molecule has 0 radical (unpaired) electrons. The molecule has 9 nitrogen and oxygen atoms in total. The summed E-state index contributed by atoms with van der Waals surface area (Å²) in [4.78, 5) is 31.6. The van der Waals surface area contributed by atoms with Crippen molar-refractivity contribution in [1.82, 2.24) is 24.4 Å². The van der Waals surface area contributed by atoms with E-state index in [2.05, 4.69) is 22.1 Å². The van der Waals surface area contributed by atoms with E-state index in [-0.39, 0.29) is 29.2 Å². The standard InChI is InChI=1S/C27H29ClN6O3/c1-16(2)34(26(35)18-7-5-17(3)6-8-18)25-21(27(36)37)15-33(31-25)19-9-10-20(22(28)13-19)23-14-24-29-11-4-12-32(24)30-23/h4,9-18H,5-8H2,1-3H3,(H,36,37). The molecular formula is C27H29ClN6O3. The maximum atomic E-state index is 13.5. The van der Waals surface area contributed by atoms with Gasteiger partial charge in [-0.3, -0.25) is 9.69 Å². The number of hydrogen-bond acceptors (Lipinski definition) is 5. The zero-order chi connectivity index (χ0) is 26.3. The predicted octanol–water partition coefficient (Wildman–Crippen LogP) is 5.50. The second-order valence-electron chi connectivity index (χ2n) is 9.99. The van der Waals surface area contributed by atoms with Crippen LogP contribution in [0, 0.1) is 11.8 Å². The van der Waals surface area contributed by atoms with Crippen molar-refractivity contribution in [1.29, 1.82) is 0 Å². The summed E-state index contributed by atoms with van der Waals surface area (Å²) < 4.78 is 3.13. The van der Waals surface area contributed by atoms with Crippen LogP contribution in [0.3, 0.4) is 0 Å². The number of carboxylic acid groups (broad SMARTS) is 1. The first-order valence-electron chi connectivity index (χ1n) is 12.5. The third-order valence-corrected chi connectivity index (χ3v) is 7.31. The van der Waals surface area contributed by atoms with Crippen LogP contribution in [0.25, 0.3) is 22.6 Å². The lowest BCUT2D eigenvalue weighted by atomic mass is 9.82. The van der Waals surface area contributed by atoms with Crippen LogP contribution in [0.4, 0.5) is 5.82 Å². The normalized spacial score (nSPS) is 17.9. The Morgan fingerprint density at radius 2 is 1.89 bits per heavy atom. The maximum absolute atomic E-state index is 13.5. The van der Waals surface area contributed by atoms with Crippen LogP contribution in [0.5, 0.6) is 0 Å². The van der Waals surface area contributed by atoms with Crippen LogP contribution in [0.15, 0.2) is 48.9 Å². The Morgan fingerprint density at radius 1 is 1.14 bits per heavy atom. The third kappa shape index (κ3) is 4.83. The molecule has 1 amide bonds. The van der Waals surface area contributed by atoms with Gasteiger partial charge in [-0.2, -0.15) is 5.10 Å². The lowest BCUT2D eigenvalue weighted by Gasteiger charge is -2.32. The van der Waals surface area contributed by atoms with Gasteiger partial charge in [-0.25, -0.2) is 19.0 Å². The molecule has 1 aromatic carbocycles. The number of carbonyl (C=O) groups is 2. The summed E-state index contributed by atoms with van der Waals surface area (Å²) >= 11 is 6.64. The molecule has 1 fully saturated rings. The fraction of sp³-hybridized carbons (Fsp3) is 0.370. The van der Waals surface area contributed by atoms with Gasteiger partial charge >= 0.3 is 5.97 Å². The van der Waals surface area contributed by atoms with Gasteiger partial charge in [0.25, 0.3) is 0 Å². The van der Waals surface area contributed by atoms with Gasteiger partial charge in [0.05, 0.1) is 16.4 Å². The zero-order valence-electron chi connectivity index (χ0n) is 21.0. The van der Waals surface area contributed by atoms with Gasteiger partial charge in [-0.15, -0.1) is 5.10 Å². The van der Waals surface area contributed by atoms with E-state index in [0.29, 0.717) is 33.5 Å². The highest BCUT2D eigenvalue weighted by molar-refractivity contribution is 6.33. The molecule has 4 aromatic rings. The number of rotatable bonds is 6. The number of benzene rings is 1. The quantitative estimate of drug-likeness (QED) is 0.360. The Hall–Kier alpha value is -3.72. The minimum atomic E-state index is -1.14. The molecular weight excluding hydrogens is 492 g/mol. The van der Waals surface area contributed by atoms with E-state index in [1.54, 1.807) is 33.8 Å². The molecule has 1 aliphatic carbocycles. The van der Waals surface area contributed by atoms with E-state index < -0.39 is 5.97 Å². The van der Waals surface area contributed by atoms with E-state index in [1.165, 1.54) is 10.9 Å². The van der Waals surface area contributed by atoms with Crippen molar-refractivity contribution in [3.05, 3.63) is 59.5 Å². The van der Waals surface area contributed by atoms with E-state index >= 15 is 0 Å². The molecule has 37 heavy (non-hydrogen) atoms. The Morgan fingerprint density at radius 3 is 2.54 bits per heavy atom. The molecule has 0 spiro atoms. The number of halogens is 1. The molecule has 0 saturated heterocycles. The van der Waals surface area contributed by atoms with Gasteiger partial charge in [0.1, 0.15) is 5.56 Å². The number of aromatic nitrogens is 5. The monoisotopic (exact) mass is 520 g/mol. The van der Waals surface area contributed by atoms with E-state index in [1.807, 2.05) is 32.2 Å². The molecule has 10 heteroatoms. The lowest BCUT2D eigenvalue weighted by Crippen LogP contribution is -2.43. The summed E-state index contributed by atoms with van der Waals surface area (Å²) in [5, 5.41) is 19.5. The molecule has 0 aliphatic heterocycles. The van der Waals surface area contributed by atoms with Crippen molar-refractivity contribution in [2.24, 2.45) is 11.8 Å². The van der Waals surface area contributed by atoms with Gasteiger partial charge < -0.3 is 5.11 Å². The summed E-state index contributed by atoms with van der Waals surface area (Å²) in [6, 6.07) is 8.71. The average molecular weight is 521 g/mol. The Labute approximate surface area is 219 Å². The summed E-state index contributed by atoms with van der Waals surface area (Å²) in [6.07, 6.45) is 8.54. The van der Waals surface area contributed by atoms with E-state index in [0.717, 1.165) is 25.7 Å². The Kier molecular flexibility index (Phi) is 6.72. The van der Waals surface area contributed by atoms with Gasteiger partial charge in [0.2, 0.25) is 5.91 Å². The lowest BCUT2D eigenvalue weighted by molar-refractivity contribution is -0.124. The minimum Gasteiger partial charge on any atom is -0.477 e. The molecule has 5 rings (SSSR count). The Balaban J connectivity index is 1.49. The summed E-state index contributed by atoms with van der Waals surface area (Å²) in [5.41, 5.74) is 2.63. The number of amides is 1. The van der Waals surface area contributed by atoms with Crippen molar-refractivity contribution in [3.63, 3.8) is 0 Å². The molecule has 3 heterocycles. The highest BCUT2D eigenvalue weighted by Crippen LogP contribution is 2.34. The number of anilines is 1. The molecule has 0 bridgehead atoms. The van der Waals surface area contributed by atoms with Crippen LogP contribution in [0.1, 0.15) is 56.8 Å². The number of carbonyl (C=O) groups excluding carboxylic acids is 1. The van der Waals surface area contributed by atoms with Gasteiger partial charge in [-0.1, -0.05) is 18.5 Å². The highest BCUT2D eigenvalue weighted by atomic mass is 35.5. The second kappa shape index (κ2) is 9.97. The maximum Gasteiger partial charge on any atom is 0.341 e. The van der Waals surface area contributed by atoms with Crippen LogP contribution in [0.2, 0.25) is 5.02 Å². The van der Waals surface area contributed by atoms with Crippen LogP contribution in [-0.2, 0) is 4.79 Å². The Bertz CT molecular complexity index is 1440. The number of nitrogens with zero attached hydrogens (tertiary/aromatic N) is 6. The first kappa shape index (κ1) is 25.0. The molecule has 0 atom stereocenters. The number of aromatic carboxylic acids is 1. The number of fused-ring (bicyclic) bond motifs is 1. The van der Waals surface area contributed by atoms with Crippen molar-refractivity contribution in [2.45, 2.75) is 52.5 Å². The third-order valence-electron chi connectivity index (χ3n) is 7.00. The SMILES string of the molecule is CC1CCC(C(=O)N(c2nn(-c3ccc(-c4cc5ncccn5n4)c(Cl)c3)cc2C(=O)O)C(C)C)CC1. The molecule has 3 aromatic heterocycles. The largest absolute Gasteiger partial charge is 0.477 e. The topological polar surface area (TPSA) is 106 Å². The molecule has 192 valence electrons. The van der Waals surface area contributed by atoms with Crippen molar-refractivity contribution in [2.75, 3.05) is 4.90 Å². The molecule has 1 aliphatic rings. The average Bonchev–Trinajstić information content (AvgIpc) is 3.49. The zero-order valence-corrected chi connectivity index (χ0v) is 21.8. The second-order valence-corrected chi connectivity index (χ2v) is 10.4. The fourth-order valence-corrected chi connectivity index (χ4v) is 5.22. The van der Waals surface area contributed by atoms with Crippen LogP contribution >= 0.6 is 11.6 Å². The van der Waals surface area contributed by atoms with Gasteiger partial charge in [-0.05, 0) is 69.7 Å². The smallest absolute Gasteiger partial charge is 0.341 e. The fourth-order valence-electron chi connectivity index (χ4n) is 4.95. The minimum absolute atomic E-state index is 0.0298. The summed E-state index contributed by atoms with van der Waals surface area (Å²) in [5.74, 6) is -0.577. The first-order valence-corrected chi connectivity index (χ1v) is 12.9. The van der Waals surface area contributed by atoms with Crippen LogP contribution in [-0.4, -0.2) is 47.4 Å². The highest BCUT2D eigenvalue weighted by Gasteiger charge is 2.34. The van der Waals surface area contributed by atoms with Crippen LogP contribution < -0.4 is 4.90 Å².